The predicted octanol–water partition coefficient (Wildman–Crippen LogP) is -1.44. The lowest BCUT2D eigenvalue weighted by Crippen LogP contribution is -2.32. The number of hydrogen-bond donors (Lipinski definition) is 3. The maximum Gasteiger partial charge on any atom is 0.490 e. The number of nitrogens with one attached hydrogen (secondary N) is 1. The first-order valence-corrected chi connectivity index (χ1v) is 5.55. The minimum Gasteiger partial charge on any atom is -0.423 e. The van der Waals surface area contributed by atoms with Crippen LogP contribution in [0.15, 0.2) is 18.3 Å². The number of rotatable bonds is 2. The number of aromatic nitrogens is 1. The quantitative estimate of drug-likeness (QED) is 0.534. The molecule has 0 spiro atoms. The van der Waals surface area contributed by atoms with Gasteiger partial charge in [-0.15, -0.1) is 0 Å². The van der Waals surface area contributed by atoms with Crippen LogP contribution in [0.4, 0.5) is 5.82 Å². The normalized spacial score (nSPS) is 17.0. The number of anilines is 1. The van der Waals surface area contributed by atoms with Crippen molar-refractivity contribution < 1.29 is 10.0 Å². The Balaban J connectivity index is 2.07. The van der Waals surface area contributed by atoms with Gasteiger partial charge in [0, 0.05) is 31.3 Å². The fraction of sp³-hybridized carbons (Fsp3) is 0.500. The fourth-order valence-corrected chi connectivity index (χ4v) is 1.81. The van der Waals surface area contributed by atoms with Crippen LogP contribution in [0.3, 0.4) is 0 Å². The van der Waals surface area contributed by atoms with Crippen LogP contribution in [0.1, 0.15) is 6.42 Å². The average Bonchev–Trinajstić information content (AvgIpc) is 2.57. The molecular weight excluding hydrogens is 205 g/mol. The molecule has 5 nitrogen and oxygen atoms in total. The number of hydrogen-bond acceptors (Lipinski definition) is 5. The van der Waals surface area contributed by atoms with Gasteiger partial charge in [-0.1, -0.05) is 6.07 Å². The minimum atomic E-state index is -1.44. The summed E-state index contributed by atoms with van der Waals surface area (Å²) in [6.45, 7) is 3.94. The lowest BCUT2D eigenvalue weighted by Gasteiger charge is -2.20. The van der Waals surface area contributed by atoms with Crippen LogP contribution in [-0.4, -0.2) is 48.3 Å². The third kappa shape index (κ3) is 2.72. The van der Waals surface area contributed by atoms with Crippen LogP contribution < -0.4 is 15.7 Å². The zero-order valence-corrected chi connectivity index (χ0v) is 9.13. The maximum atomic E-state index is 8.96. The second-order valence-electron chi connectivity index (χ2n) is 3.91. The van der Waals surface area contributed by atoms with Crippen LogP contribution >= 0.6 is 0 Å². The van der Waals surface area contributed by atoms with Crippen molar-refractivity contribution in [1.29, 1.82) is 0 Å². The molecule has 0 unspecified atom stereocenters. The Morgan fingerprint density at radius 1 is 1.25 bits per heavy atom. The van der Waals surface area contributed by atoms with Crippen LogP contribution in [0.25, 0.3) is 0 Å². The molecule has 6 heteroatoms. The second kappa shape index (κ2) is 5.29. The molecule has 0 amide bonds. The zero-order chi connectivity index (χ0) is 11.4. The molecule has 2 rings (SSSR count). The summed E-state index contributed by atoms with van der Waals surface area (Å²) in [6.07, 6.45) is 2.62. The molecular formula is C10H16BN3O2. The first kappa shape index (κ1) is 11.4. The van der Waals surface area contributed by atoms with E-state index in [-0.39, 0.29) is 0 Å². The second-order valence-corrected chi connectivity index (χ2v) is 3.91. The Hall–Kier alpha value is -1.11. The van der Waals surface area contributed by atoms with Gasteiger partial charge in [0.05, 0.1) is 0 Å². The van der Waals surface area contributed by atoms with E-state index in [4.69, 9.17) is 10.0 Å². The summed E-state index contributed by atoms with van der Waals surface area (Å²) in [7, 11) is -1.44. The van der Waals surface area contributed by atoms with Crippen LogP contribution in [0, 0.1) is 0 Å². The molecule has 0 bridgehead atoms. The third-order valence-corrected chi connectivity index (χ3v) is 2.73. The molecule has 0 aliphatic carbocycles. The summed E-state index contributed by atoms with van der Waals surface area (Å²) in [5, 5.41) is 21.3. The van der Waals surface area contributed by atoms with Crippen molar-refractivity contribution in [3.63, 3.8) is 0 Å². The van der Waals surface area contributed by atoms with Gasteiger partial charge in [-0.25, -0.2) is 4.98 Å². The standard InChI is InChI=1S/C10H16BN3O2/c15-11(16)9-2-3-10(13-8-9)14-6-1-4-12-5-7-14/h2-3,8,12,15-16H,1,4-7H2. The summed E-state index contributed by atoms with van der Waals surface area (Å²) in [6, 6.07) is 3.53. The monoisotopic (exact) mass is 221 g/mol. The Bertz CT molecular complexity index is 323. The van der Waals surface area contributed by atoms with Crippen molar-refractivity contribution in [2.24, 2.45) is 0 Å². The smallest absolute Gasteiger partial charge is 0.423 e. The average molecular weight is 221 g/mol. The molecule has 0 radical (unpaired) electrons. The van der Waals surface area contributed by atoms with Crippen molar-refractivity contribution in [1.82, 2.24) is 10.3 Å². The molecule has 1 aromatic rings. The van der Waals surface area contributed by atoms with E-state index in [0.717, 1.165) is 38.4 Å². The van der Waals surface area contributed by atoms with Crippen LogP contribution in [0.2, 0.25) is 0 Å². The molecule has 86 valence electrons. The van der Waals surface area contributed by atoms with E-state index in [9.17, 15) is 0 Å². The first-order valence-electron chi connectivity index (χ1n) is 5.55. The van der Waals surface area contributed by atoms with E-state index >= 15 is 0 Å². The SMILES string of the molecule is OB(O)c1ccc(N2CCCNCC2)nc1. The number of pyridine rings is 1. The van der Waals surface area contributed by atoms with Gasteiger partial charge in [-0.05, 0) is 19.0 Å². The minimum absolute atomic E-state index is 0.427. The van der Waals surface area contributed by atoms with E-state index in [0.29, 0.717) is 5.46 Å². The Morgan fingerprint density at radius 3 is 2.81 bits per heavy atom. The summed E-state index contributed by atoms with van der Waals surface area (Å²) in [5.74, 6) is 0.896. The van der Waals surface area contributed by atoms with E-state index in [1.807, 2.05) is 6.07 Å². The van der Waals surface area contributed by atoms with Crippen molar-refractivity contribution in [3.05, 3.63) is 18.3 Å². The van der Waals surface area contributed by atoms with Gasteiger partial charge in [0.15, 0.2) is 0 Å². The first-order chi connectivity index (χ1) is 7.77. The lowest BCUT2D eigenvalue weighted by molar-refractivity contribution is 0.425. The van der Waals surface area contributed by atoms with Crippen molar-refractivity contribution in [2.45, 2.75) is 6.42 Å². The van der Waals surface area contributed by atoms with Gasteiger partial charge in [0.1, 0.15) is 5.82 Å². The summed E-state index contributed by atoms with van der Waals surface area (Å²) in [4.78, 5) is 6.45. The molecule has 1 aliphatic rings. The fourth-order valence-electron chi connectivity index (χ4n) is 1.81. The molecule has 1 aromatic heterocycles. The molecule has 2 heterocycles. The highest BCUT2D eigenvalue weighted by Crippen LogP contribution is 2.09. The largest absolute Gasteiger partial charge is 0.490 e. The predicted molar refractivity (Wildman–Crippen MR) is 63.8 cm³/mol. The molecule has 0 aromatic carbocycles. The third-order valence-electron chi connectivity index (χ3n) is 2.73. The highest BCUT2D eigenvalue weighted by atomic mass is 16.4. The lowest BCUT2D eigenvalue weighted by atomic mass is 9.82. The van der Waals surface area contributed by atoms with Crippen molar-refractivity contribution in [3.8, 4) is 0 Å². The van der Waals surface area contributed by atoms with Crippen molar-refractivity contribution >= 4 is 18.4 Å². The molecule has 1 aliphatic heterocycles. The molecule has 1 saturated heterocycles. The Labute approximate surface area is 95.3 Å². The molecule has 1 fully saturated rings. The van der Waals surface area contributed by atoms with E-state index in [2.05, 4.69) is 15.2 Å². The van der Waals surface area contributed by atoms with E-state index in [1.165, 1.54) is 6.20 Å². The Kier molecular flexibility index (Phi) is 3.76. The topological polar surface area (TPSA) is 68.6 Å². The highest BCUT2D eigenvalue weighted by molar-refractivity contribution is 6.58. The van der Waals surface area contributed by atoms with Crippen LogP contribution in [0.5, 0.6) is 0 Å². The summed E-state index contributed by atoms with van der Waals surface area (Å²) >= 11 is 0. The van der Waals surface area contributed by atoms with Gasteiger partial charge in [0.2, 0.25) is 0 Å². The summed E-state index contributed by atoms with van der Waals surface area (Å²) in [5.41, 5.74) is 0.427. The van der Waals surface area contributed by atoms with Gasteiger partial charge in [0.25, 0.3) is 0 Å². The maximum absolute atomic E-state index is 8.96. The summed E-state index contributed by atoms with van der Waals surface area (Å²) < 4.78 is 0. The van der Waals surface area contributed by atoms with Crippen LogP contribution in [-0.2, 0) is 0 Å². The Morgan fingerprint density at radius 2 is 2.12 bits per heavy atom. The zero-order valence-electron chi connectivity index (χ0n) is 9.13. The van der Waals surface area contributed by atoms with Gasteiger partial charge < -0.3 is 20.3 Å². The van der Waals surface area contributed by atoms with E-state index < -0.39 is 7.12 Å². The van der Waals surface area contributed by atoms with E-state index in [1.54, 1.807) is 6.07 Å². The van der Waals surface area contributed by atoms with Gasteiger partial charge in [-0.3, -0.25) is 0 Å². The number of nitrogens with zero attached hydrogens (tertiary/aromatic N) is 2. The molecule has 0 saturated carbocycles. The van der Waals surface area contributed by atoms with Gasteiger partial charge in [-0.2, -0.15) is 0 Å². The molecule has 0 atom stereocenters. The van der Waals surface area contributed by atoms with Crippen molar-refractivity contribution in [2.75, 3.05) is 31.1 Å². The molecule has 3 N–H and O–H groups in total. The highest BCUT2D eigenvalue weighted by Gasteiger charge is 2.14. The van der Waals surface area contributed by atoms with Gasteiger partial charge >= 0.3 is 7.12 Å². The molecule has 16 heavy (non-hydrogen) atoms.